The van der Waals surface area contributed by atoms with Crippen LogP contribution in [0.5, 0.6) is 0 Å². The predicted molar refractivity (Wildman–Crippen MR) is 105 cm³/mol. The first-order valence-electron chi connectivity index (χ1n) is 11.4. The Morgan fingerprint density at radius 3 is 1.02 bits per heavy atom. The Bertz CT molecular complexity index is 980. The topological polar surface area (TPSA) is 29.5 Å². The number of thioether (sulfide) groups is 1. The van der Waals surface area contributed by atoms with Crippen LogP contribution in [-0.4, -0.2) is 108 Å². The Kier molecular flexibility index (Phi) is 13.1. The lowest BCUT2D eigenvalue weighted by Gasteiger charge is -2.39. The maximum atomic E-state index is 13.7. The van der Waals surface area contributed by atoms with Gasteiger partial charge in [0.25, 0.3) is 0 Å². The fourth-order valence-electron chi connectivity index (χ4n) is 2.81. The lowest BCUT2D eigenvalue weighted by molar-refractivity contribution is -0.440. The zero-order valence-electron chi connectivity index (χ0n) is 21.9. The van der Waals surface area contributed by atoms with Gasteiger partial charge in [-0.2, -0.15) is 126 Å². The molecule has 0 aliphatic rings. The molecule has 0 fully saturated rings. The van der Waals surface area contributed by atoms with E-state index in [1.54, 1.807) is 0 Å². The van der Waals surface area contributed by atoms with Gasteiger partial charge in [-0.25, -0.2) is 0 Å². The number of alkyl halides is 26. The molecule has 0 aromatic rings. The van der Waals surface area contributed by atoms with Gasteiger partial charge in [0.1, 0.15) is 0 Å². The van der Waals surface area contributed by atoms with Crippen LogP contribution < -0.4 is 0 Å². The minimum absolute atomic E-state index is 0.307. The summed E-state index contributed by atoms with van der Waals surface area (Å²) in [6.07, 6.45) is -23.2. The van der Waals surface area contributed by atoms with E-state index < -0.39 is 115 Å². The maximum absolute atomic E-state index is 13.7. The molecule has 48 heavy (non-hydrogen) atoms. The van der Waals surface area contributed by atoms with E-state index in [9.17, 15) is 119 Å². The minimum atomic E-state index is -8.19. The molecule has 1 atom stereocenters. The molecule has 0 aromatic carbocycles. The van der Waals surface area contributed by atoms with Gasteiger partial charge in [0.15, 0.2) is 0 Å². The summed E-state index contributed by atoms with van der Waals surface area (Å²) in [5, 5.41) is 9.40. The highest BCUT2D eigenvalue weighted by atomic mass is 32.2. The van der Waals surface area contributed by atoms with E-state index in [0.29, 0.717) is 0 Å². The number of aliphatic hydroxyl groups excluding tert-OH is 1. The number of ether oxygens (including phenoxy) is 1. The first-order chi connectivity index (χ1) is 20.6. The molecule has 0 saturated heterocycles. The van der Waals surface area contributed by atoms with Gasteiger partial charge in [-0.3, -0.25) is 0 Å². The predicted octanol–water partition coefficient (Wildman–Crippen LogP) is 9.35. The van der Waals surface area contributed by atoms with Crippen LogP contribution in [0.1, 0.15) is 12.8 Å². The number of halogens is 26. The molecule has 1 unspecified atom stereocenters. The second-order valence-corrected chi connectivity index (χ2v) is 10.5. The van der Waals surface area contributed by atoms with Gasteiger partial charge in [-0.1, -0.05) is 0 Å². The van der Waals surface area contributed by atoms with E-state index in [2.05, 4.69) is 4.74 Å². The van der Waals surface area contributed by atoms with E-state index in [-0.39, 0.29) is 11.8 Å². The molecule has 2 nitrogen and oxygen atoms in total. The third-order valence-corrected chi connectivity index (χ3v) is 6.85. The van der Waals surface area contributed by atoms with Gasteiger partial charge >= 0.3 is 71.6 Å². The maximum Gasteiger partial charge on any atom is 0.460 e. The molecule has 29 heteroatoms. The van der Waals surface area contributed by atoms with Crippen LogP contribution >= 0.6 is 11.8 Å². The number of hydrogen-bond acceptors (Lipinski definition) is 3. The molecular formula is C19H14F26O2S. The molecule has 0 amide bonds. The summed E-state index contributed by atoms with van der Waals surface area (Å²) in [5.41, 5.74) is 0. The second-order valence-electron chi connectivity index (χ2n) is 9.30. The summed E-state index contributed by atoms with van der Waals surface area (Å²) in [5.74, 6) is -79.8. The van der Waals surface area contributed by atoms with E-state index >= 15 is 0 Å². The Hall–Kier alpha value is -1.55. The molecule has 290 valence electrons. The van der Waals surface area contributed by atoms with Gasteiger partial charge in [0.05, 0.1) is 19.3 Å². The lowest BCUT2D eigenvalue weighted by Crippen LogP contribution is -2.70. The normalized spacial score (nSPS) is 16.8. The number of hydrogen-bond donors (Lipinski definition) is 1. The first-order valence-corrected chi connectivity index (χ1v) is 12.5. The SMILES string of the molecule is OC(COCCC(F)(F)C(F)(F)C(F)(F)C(F)(F)C(F)(F)C(F)(F)F)CSCCC(F)(F)C(F)(F)C(F)(F)C(F)(F)C(F)(F)C(F)(F)F. The summed E-state index contributed by atoms with van der Waals surface area (Å²) < 4.78 is 342. The standard InChI is InChI=1S/C19H14F26O2S/c20-8(21,10(24,25)12(28,29)14(32,33)16(36,37)18(40,41)42)1-3-47-5-7(46)6-48-4-2-9(22,23)11(26,27)13(30,31)15(34,35)17(38,39)19(43,44)45/h7,46H,1-6H2. The van der Waals surface area contributed by atoms with Gasteiger partial charge in [0.2, 0.25) is 0 Å². The Balaban J connectivity index is 5.31. The summed E-state index contributed by atoms with van der Waals surface area (Å²) in [6, 6.07) is 0. The summed E-state index contributed by atoms with van der Waals surface area (Å²) in [4.78, 5) is 0. The van der Waals surface area contributed by atoms with Crippen LogP contribution in [0.4, 0.5) is 114 Å². The highest BCUT2D eigenvalue weighted by molar-refractivity contribution is 7.99. The lowest BCUT2D eigenvalue weighted by atomic mass is 9.93. The first kappa shape index (κ1) is 46.4. The van der Waals surface area contributed by atoms with Crippen molar-refractivity contribution in [2.45, 2.75) is 90.5 Å². The molecule has 0 spiro atoms. The summed E-state index contributed by atoms with van der Waals surface area (Å²) >= 11 is -0.307. The van der Waals surface area contributed by atoms with Crippen molar-refractivity contribution in [1.29, 1.82) is 0 Å². The van der Waals surface area contributed by atoms with Crippen molar-refractivity contribution in [1.82, 2.24) is 0 Å². The molecule has 1 N–H and O–H groups in total. The highest BCUT2D eigenvalue weighted by Crippen LogP contribution is 2.62. The largest absolute Gasteiger partial charge is 0.460 e. The third-order valence-electron chi connectivity index (χ3n) is 5.74. The molecule has 0 heterocycles. The highest BCUT2D eigenvalue weighted by Gasteiger charge is 2.92. The van der Waals surface area contributed by atoms with Crippen LogP contribution in [0, 0.1) is 0 Å². The number of aliphatic hydroxyl groups is 1. The van der Waals surface area contributed by atoms with E-state index in [0.717, 1.165) is 0 Å². The smallest absolute Gasteiger partial charge is 0.390 e. The van der Waals surface area contributed by atoms with Crippen LogP contribution in [0.25, 0.3) is 0 Å². The molecule has 0 aromatic heterocycles. The fraction of sp³-hybridized carbons (Fsp3) is 1.00. The zero-order chi connectivity index (χ0) is 39.2. The van der Waals surface area contributed by atoms with Gasteiger partial charge in [0, 0.05) is 18.6 Å². The number of rotatable bonds is 18. The Labute approximate surface area is 252 Å². The minimum Gasteiger partial charge on any atom is -0.390 e. The second kappa shape index (κ2) is 13.5. The van der Waals surface area contributed by atoms with Crippen LogP contribution in [0.2, 0.25) is 0 Å². The van der Waals surface area contributed by atoms with Crippen molar-refractivity contribution in [2.75, 3.05) is 24.7 Å². The van der Waals surface area contributed by atoms with Crippen LogP contribution in [0.3, 0.4) is 0 Å². The fourth-order valence-corrected chi connectivity index (χ4v) is 3.74. The monoisotopic (exact) mass is 800 g/mol. The molecular weight excluding hydrogens is 786 g/mol. The van der Waals surface area contributed by atoms with Crippen molar-refractivity contribution in [3.8, 4) is 0 Å². The summed E-state index contributed by atoms with van der Waals surface area (Å²) in [6.45, 7) is -3.57. The summed E-state index contributed by atoms with van der Waals surface area (Å²) in [7, 11) is 0. The Morgan fingerprint density at radius 2 is 0.708 bits per heavy atom. The zero-order valence-corrected chi connectivity index (χ0v) is 22.7. The van der Waals surface area contributed by atoms with Gasteiger partial charge in [-0.05, 0) is 5.75 Å². The third kappa shape index (κ3) is 7.69. The van der Waals surface area contributed by atoms with E-state index in [4.69, 9.17) is 0 Å². The average Bonchev–Trinajstić information content (AvgIpc) is 2.86. The molecule has 0 bridgehead atoms. The Morgan fingerprint density at radius 1 is 0.417 bits per heavy atom. The molecule has 0 aliphatic carbocycles. The molecule has 0 radical (unpaired) electrons. The average molecular weight is 800 g/mol. The van der Waals surface area contributed by atoms with Gasteiger partial charge < -0.3 is 9.84 Å². The van der Waals surface area contributed by atoms with Crippen molar-refractivity contribution in [2.24, 2.45) is 0 Å². The molecule has 0 rings (SSSR count). The van der Waals surface area contributed by atoms with Crippen LogP contribution in [0.15, 0.2) is 0 Å². The van der Waals surface area contributed by atoms with Crippen molar-refractivity contribution >= 4 is 11.8 Å². The van der Waals surface area contributed by atoms with E-state index in [1.165, 1.54) is 0 Å². The van der Waals surface area contributed by atoms with Crippen molar-refractivity contribution in [3.63, 3.8) is 0 Å². The van der Waals surface area contributed by atoms with Crippen LogP contribution in [-0.2, 0) is 4.74 Å². The van der Waals surface area contributed by atoms with E-state index in [1.807, 2.05) is 0 Å². The van der Waals surface area contributed by atoms with Crippen molar-refractivity contribution in [3.05, 3.63) is 0 Å². The van der Waals surface area contributed by atoms with Crippen molar-refractivity contribution < 1.29 is 124 Å². The quantitative estimate of drug-likeness (QED) is 0.111. The molecule has 0 aliphatic heterocycles. The van der Waals surface area contributed by atoms with Gasteiger partial charge in [-0.15, -0.1) is 0 Å². The molecule has 0 saturated carbocycles.